The Kier molecular flexibility index (Phi) is 4.78. The highest BCUT2D eigenvalue weighted by Gasteiger charge is 2.12. The van der Waals surface area contributed by atoms with Crippen molar-refractivity contribution in [3.05, 3.63) is 24.3 Å². The molecule has 5 nitrogen and oxygen atoms in total. The number of nitrogens with two attached hydrogens (primary N) is 1. The van der Waals surface area contributed by atoms with Crippen LogP contribution in [0.25, 0.3) is 0 Å². The van der Waals surface area contributed by atoms with Crippen LogP contribution in [0.5, 0.6) is 5.75 Å². The van der Waals surface area contributed by atoms with Crippen LogP contribution in [0.15, 0.2) is 24.3 Å². The molecule has 0 saturated carbocycles. The second kappa shape index (κ2) is 6.10. The Balaban J connectivity index is 2.51. The zero-order valence-electron chi connectivity index (χ0n) is 10.1. The van der Waals surface area contributed by atoms with Crippen LogP contribution >= 0.6 is 0 Å². The van der Waals surface area contributed by atoms with Gasteiger partial charge in [0.05, 0.1) is 7.11 Å². The number of anilines is 1. The van der Waals surface area contributed by atoms with Gasteiger partial charge in [-0.15, -0.1) is 0 Å². The van der Waals surface area contributed by atoms with Gasteiger partial charge in [-0.2, -0.15) is 0 Å². The summed E-state index contributed by atoms with van der Waals surface area (Å²) in [7, 11) is 3.51. The summed E-state index contributed by atoms with van der Waals surface area (Å²) in [6.45, 7) is 0.597. The van der Waals surface area contributed by atoms with Crippen molar-refractivity contribution in [2.24, 2.45) is 5.73 Å². The monoisotopic (exact) mass is 238 g/mol. The molecule has 1 aromatic rings. The summed E-state index contributed by atoms with van der Waals surface area (Å²) < 4.78 is 5.06. The molecule has 0 aliphatic carbocycles. The molecular weight excluding hydrogens is 220 g/mol. The number of carboxylic acid groups (broad SMARTS) is 1. The molecule has 0 spiro atoms. The molecular formula is C12H18N2O3. The highest BCUT2D eigenvalue weighted by molar-refractivity contribution is 5.73. The summed E-state index contributed by atoms with van der Waals surface area (Å²) in [5.41, 5.74) is 6.45. The molecule has 0 heterocycles. The first-order valence-corrected chi connectivity index (χ1v) is 5.38. The Morgan fingerprint density at radius 2 is 2.06 bits per heavy atom. The zero-order valence-corrected chi connectivity index (χ0v) is 10.1. The van der Waals surface area contributed by atoms with E-state index in [1.807, 2.05) is 36.2 Å². The molecule has 0 aliphatic heterocycles. The predicted molar refractivity (Wildman–Crippen MR) is 66.5 cm³/mol. The highest BCUT2D eigenvalue weighted by Crippen LogP contribution is 2.18. The van der Waals surface area contributed by atoms with E-state index >= 15 is 0 Å². The molecule has 1 unspecified atom stereocenters. The Labute approximate surface area is 101 Å². The molecule has 0 aromatic heterocycles. The van der Waals surface area contributed by atoms with E-state index in [2.05, 4.69) is 0 Å². The van der Waals surface area contributed by atoms with Crippen molar-refractivity contribution >= 4 is 11.7 Å². The molecule has 1 aromatic carbocycles. The van der Waals surface area contributed by atoms with Crippen molar-refractivity contribution in [2.75, 3.05) is 25.6 Å². The first-order valence-electron chi connectivity index (χ1n) is 5.38. The van der Waals surface area contributed by atoms with Crippen LogP contribution in [-0.4, -0.2) is 37.8 Å². The normalized spacial score (nSPS) is 11.9. The first-order chi connectivity index (χ1) is 8.04. The summed E-state index contributed by atoms with van der Waals surface area (Å²) >= 11 is 0. The summed E-state index contributed by atoms with van der Waals surface area (Å²) in [5.74, 6) is -0.169. The number of aliphatic carboxylic acids is 1. The molecule has 0 radical (unpaired) electrons. The van der Waals surface area contributed by atoms with Gasteiger partial charge in [-0.25, -0.2) is 0 Å². The number of methoxy groups -OCH3 is 1. The summed E-state index contributed by atoms with van der Waals surface area (Å²) in [5, 5.41) is 8.67. The number of carboxylic acids is 1. The van der Waals surface area contributed by atoms with Crippen molar-refractivity contribution in [3.8, 4) is 5.75 Å². The molecule has 0 bridgehead atoms. The van der Waals surface area contributed by atoms with E-state index in [4.69, 9.17) is 15.6 Å². The van der Waals surface area contributed by atoms with Crippen LogP contribution in [0.1, 0.15) is 6.42 Å². The summed E-state index contributed by atoms with van der Waals surface area (Å²) in [6.07, 6.45) is 0.415. The third-order valence-corrected chi connectivity index (χ3v) is 2.61. The van der Waals surface area contributed by atoms with Gasteiger partial charge in [0, 0.05) is 19.3 Å². The maximum atomic E-state index is 10.6. The molecule has 0 amide bonds. The van der Waals surface area contributed by atoms with Gasteiger partial charge in [0.25, 0.3) is 0 Å². The van der Waals surface area contributed by atoms with Crippen molar-refractivity contribution in [1.82, 2.24) is 0 Å². The Morgan fingerprint density at radius 1 is 1.47 bits per heavy atom. The van der Waals surface area contributed by atoms with Crippen molar-refractivity contribution in [1.29, 1.82) is 0 Å². The number of ether oxygens (including phenoxy) is 1. The molecule has 1 rings (SSSR count). The lowest BCUT2D eigenvalue weighted by atomic mass is 10.2. The van der Waals surface area contributed by atoms with E-state index in [9.17, 15) is 4.79 Å². The average Bonchev–Trinajstić information content (AvgIpc) is 2.35. The molecule has 3 N–H and O–H groups in total. The van der Waals surface area contributed by atoms with E-state index in [1.54, 1.807) is 7.11 Å². The quantitative estimate of drug-likeness (QED) is 0.771. The second-order valence-electron chi connectivity index (χ2n) is 3.85. The van der Waals surface area contributed by atoms with Crippen LogP contribution in [-0.2, 0) is 4.79 Å². The number of benzene rings is 1. The average molecular weight is 238 g/mol. The van der Waals surface area contributed by atoms with E-state index in [0.29, 0.717) is 13.0 Å². The smallest absolute Gasteiger partial charge is 0.320 e. The molecule has 94 valence electrons. The fourth-order valence-electron chi connectivity index (χ4n) is 1.42. The van der Waals surface area contributed by atoms with Gasteiger partial charge in [0.15, 0.2) is 0 Å². The van der Waals surface area contributed by atoms with E-state index in [1.165, 1.54) is 0 Å². The van der Waals surface area contributed by atoms with Crippen LogP contribution in [0.2, 0.25) is 0 Å². The first kappa shape index (κ1) is 13.3. The predicted octanol–water partition coefficient (Wildman–Crippen LogP) is 0.933. The standard InChI is InChI=1S/C12H18N2O3/c1-14(8-7-11(13)12(15)16)9-3-5-10(17-2)6-4-9/h3-6,11H,7-8,13H2,1-2H3,(H,15,16). The van der Waals surface area contributed by atoms with Gasteiger partial charge in [0.2, 0.25) is 0 Å². The number of nitrogens with zero attached hydrogens (tertiary/aromatic N) is 1. The molecule has 0 fully saturated rings. The van der Waals surface area contributed by atoms with Crippen LogP contribution in [0.3, 0.4) is 0 Å². The van der Waals surface area contributed by atoms with Gasteiger partial charge in [-0.05, 0) is 30.7 Å². The molecule has 1 atom stereocenters. The summed E-state index contributed by atoms with van der Waals surface area (Å²) in [4.78, 5) is 12.5. The number of rotatable bonds is 6. The highest BCUT2D eigenvalue weighted by atomic mass is 16.5. The minimum atomic E-state index is -0.965. The molecule has 5 heteroatoms. The molecule has 17 heavy (non-hydrogen) atoms. The van der Waals surface area contributed by atoms with Gasteiger partial charge in [-0.1, -0.05) is 0 Å². The van der Waals surface area contributed by atoms with Crippen LogP contribution in [0.4, 0.5) is 5.69 Å². The topological polar surface area (TPSA) is 75.8 Å². The molecule has 0 saturated heterocycles. The van der Waals surface area contributed by atoms with Crippen LogP contribution in [0, 0.1) is 0 Å². The maximum absolute atomic E-state index is 10.6. The number of hydrogen-bond acceptors (Lipinski definition) is 4. The third-order valence-electron chi connectivity index (χ3n) is 2.61. The maximum Gasteiger partial charge on any atom is 0.320 e. The lowest BCUT2D eigenvalue weighted by Gasteiger charge is -2.20. The lowest BCUT2D eigenvalue weighted by Crippen LogP contribution is -2.34. The van der Waals surface area contributed by atoms with Crippen molar-refractivity contribution in [2.45, 2.75) is 12.5 Å². The minimum Gasteiger partial charge on any atom is -0.497 e. The Hall–Kier alpha value is -1.75. The van der Waals surface area contributed by atoms with Gasteiger partial charge < -0.3 is 20.5 Å². The minimum absolute atomic E-state index is 0.415. The SMILES string of the molecule is COc1ccc(N(C)CCC(N)C(=O)O)cc1. The summed E-state index contributed by atoms with van der Waals surface area (Å²) in [6, 6.07) is 6.76. The van der Waals surface area contributed by atoms with E-state index in [0.717, 1.165) is 11.4 Å². The number of hydrogen-bond donors (Lipinski definition) is 2. The fourth-order valence-corrected chi connectivity index (χ4v) is 1.42. The lowest BCUT2D eigenvalue weighted by molar-refractivity contribution is -0.138. The largest absolute Gasteiger partial charge is 0.497 e. The van der Waals surface area contributed by atoms with Crippen molar-refractivity contribution < 1.29 is 14.6 Å². The van der Waals surface area contributed by atoms with Crippen molar-refractivity contribution in [3.63, 3.8) is 0 Å². The second-order valence-corrected chi connectivity index (χ2v) is 3.85. The van der Waals surface area contributed by atoms with Gasteiger partial charge in [-0.3, -0.25) is 4.79 Å². The Bertz CT molecular complexity index is 365. The Morgan fingerprint density at radius 3 is 2.53 bits per heavy atom. The molecule has 0 aliphatic rings. The third kappa shape index (κ3) is 3.96. The van der Waals surface area contributed by atoms with Gasteiger partial charge >= 0.3 is 5.97 Å². The zero-order chi connectivity index (χ0) is 12.8. The van der Waals surface area contributed by atoms with Gasteiger partial charge in [0.1, 0.15) is 11.8 Å². The van der Waals surface area contributed by atoms with E-state index in [-0.39, 0.29) is 0 Å². The van der Waals surface area contributed by atoms with Crippen LogP contribution < -0.4 is 15.4 Å². The number of carbonyl (C=O) groups is 1. The van der Waals surface area contributed by atoms with E-state index < -0.39 is 12.0 Å². The fraction of sp³-hybridized carbons (Fsp3) is 0.417.